The monoisotopic (exact) mass is 274 g/mol. The minimum atomic E-state index is -3.36. The Morgan fingerprint density at radius 3 is 2.44 bits per heavy atom. The Hall–Kier alpha value is -0.170. The third-order valence-electron chi connectivity index (χ3n) is 5.06. The molecule has 3 rings (SSSR count). The van der Waals surface area contributed by atoms with Crippen molar-refractivity contribution in [1.29, 1.82) is 0 Å². The molecule has 0 aromatic rings. The topological polar surface area (TPSA) is 69.6 Å². The Morgan fingerprint density at radius 1 is 1.28 bits per heavy atom. The maximum atomic E-state index is 12.1. The van der Waals surface area contributed by atoms with Crippen molar-refractivity contribution in [2.45, 2.75) is 31.7 Å². The lowest BCUT2D eigenvalue weighted by molar-refractivity contribution is 0.275. The van der Waals surface area contributed by atoms with E-state index in [1.54, 1.807) is 7.05 Å². The van der Waals surface area contributed by atoms with Crippen molar-refractivity contribution in [2.24, 2.45) is 23.7 Å². The molecule has 5 nitrogen and oxygen atoms in total. The lowest BCUT2D eigenvalue weighted by Gasteiger charge is -2.18. The summed E-state index contributed by atoms with van der Waals surface area (Å²) in [7, 11) is -1.78. The molecule has 0 aliphatic heterocycles. The molecule has 6 heteroatoms. The number of aliphatic hydroxyl groups is 1. The van der Waals surface area contributed by atoms with E-state index in [-0.39, 0.29) is 12.6 Å². The van der Waals surface area contributed by atoms with E-state index in [1.807, 2.05) is 0 Å². The minimum Gasteiger partial charge on any atom is -0.396 e. The Balaban J connectivity index is 1.57. The number of rotatable bonds is 6. The molecule has 4 atom stereocenters. The largest absolute Gasteiger partial charge is 0.396 e. The predicted molar refractivity (Wildman–Crippen MR) is 68.0 cm³/mol. The van der Waals surface area contributed by atoms with Crippen molar-refractivity contribution in [3.05, 3.63) is 0 Å². The van der Waals surface area contributed by atoms with Crippen molar-refractivity contribution in [3.63, 3.8) is 0 Å². The van der Waals surface area contributed by atoms with Crippen LogP contribution in [0.4, 0.5) is 0 Å². The number of aliphatic hydroxyl groups excluding tert-OH is 1. The summed E-state index contributed by atoms with van der Waals surface area (Å²) in [5.41, 5.74) is 0. The fourth-order valence-corrected chi connectivity index (χ4v) is 5.37. The van der Waals surface area contributed by atoms with E-state index in [1.165, 1.54) is 23.6 Å². The molecule has 2 bridgehead atoms. The van der Waals surface area contributed by atoms with Crippen LogP contribution in [0.5, 0.6) is 0 Å². The van der Waals surface area contributed by atoms with E-state index in [0.717, 1.165) is 11.8 Å². The summed E-state index contributed by atoms with van der Waals surface area (Å²) in [6.45, 7) is 0.402. The van der Waals surface area contributed by atoms with Crippen LogP contribution in [0.3, 0.4) is 0 Å². The SMILES string of the molecule is CN(CCCO)S(=O)(=O)NC1C2C3CCC(C3)C12. The quantitative estimate of drug-likeness (QED) is 0.726. The lowest BCUT2D eigenvalue weighted by Crippen LogP contribution is -2.41. The van der Waals surface area contributed by atoms with Crippen LogP contribution in [0.15, 0.2) is 0 Å². The van der Waals surface area contributed by atoms with Gasteiger partial charge in [-0.3, -0.25) is 0 Å². The van der Waals surface area contributed by atoms with E-state index in [4.69, 9.17) is 5.11 Å². The first kappa shape index (κ1) is 12.8. The van der Waals surface area contributed by atoms with Crippen LogP contribution < -0.4 is 4.72 Å². The van der Waals surface area contributed by atoms with Gasteiger partial charge < -0.3 is 5.11 Å². The van der Waals surface area contributed by atoms with Gasteiger partial charge in [-0.05, 0) is 49.4 Å². The summed E-state index contributed by atoms with van der Waals surface area (Å²) in [4.78, 5) is 0. The Morgan fingerprint density at radius 2 is 1.89 bits per heavy atom. The highest BCUT2D eigenvalue weighted by molar-refractivity contribution is 7.87. The number of nitrogens with zero attached hydrogens (tertiary/aromatic N) is 1. The van der Waals surface area contributed by atoms with Gasteiger partial charge in [0.25, 0.3) is 10.2 Å². The van der Waals surface area contributed by atoms with E-state index >= 15 is 0 Å². The number of hydrogen-bond donors (Lipinski definition) is 2. The zero-order valence-electron chi connectivity index (χ0n) is 10.7. The molecule has 0 radical (unpaired) electrons. The first-order valence-electron chi connectivity index (χ1n) is 6.89. The van der Waals surface area contributed by atoms with Gasteiger partial charge in [-0.25, -0.2) is 0 Å². The van der Waals surface area contributed by atoms with Crippen molar-refractivity contribution in [3.8, 4) is 0 Å². The summed E-state index contributed by atoms with van der Waals surface area (Å²) < 4.78 is 28.3. The smallest absolute Gasteiger partial charge is 0.279 e. The standard InChI is InChI=1S/C12H22N2O3S/c1-14(5-2-6-15)18(16,17)13-12-10-8-3-4-9(7-8)11(10)12/h8-13,15H,2-7H2,1H3. The van der Waals surface area contributed by atoms with Gasteiger partial charge in [0.2, 0.25) is 0 Å². The Labute approximate surface area is 109 Å². The summed E-state index contributed by atoms with van der Waals surface area (Å²) in [6.07, 6.45) is 4.41. The third kappa shape index (κ3) is 1.99. The average Bonchev–Trinajstić information content (AvgIpc) is 2.75. The first-order chi connectivity index (χ1) is 8.54. The average molecular weight is 274 g/mol. The van der Waals surface area contributed by atoms with Crippen LogP contribution in [0.25, 0.3) is 0 Å². The second-order valence-corrected chi connectivity index (χ2v) is 7.84. The molecular weight excluding hydrogens is 252 g/mol. The molecule has 2 N–H and O–H groups in total. The fraction of sp³-hybridized carbons (Fsp3) is 1.00. The van der Waals surface area contributed by atoms with Crippen LogP contribution >= 0.6 is 0 Å². The normalized spacial score (nSPS) is 41.4. The Kier molecular flexibility index (Phi) is 3.17. The molecule has 0 spiro atoms. The molecule has 0 saturated heterocycles. The molecule has 4 unspecified atom stereocenters. The van der Waals surface area contributed by atoms with Gasteiger partial charge in [0.05, 0.1) is 0 Å². The molecule has 3 aliphatic carbocycles. The molecule has 0 aromatic heterocycles. The maximum absolute atomic E-state index is 12.1. The minimum absolute atomic E-state index is 0.0265. The van der Waals surface area contributed by atoms with Crippen molar-refractivity contribution in [1.82, 2.24) is 9.03 Å². The summed E-state index contributed by atoms with van der Waals surface area (Å²) >= 11 is 0. The highest BCUT2D eigenvalue weighted by Gasteiger charge is 2.65. The second-order valence-electron chi connectivity index (χ2n) is 6.04. The molecule has 0 heterocycles. The highest BCUT2D eigenvalue weighted by atomic mass is 32.2. The summed E-state index contributed by atoms with van der Waals surface area (Å²) in [5, 5.41) is 8.74. The van der Waals surface area contributed by atoms with Crippen LogP contribution in [0.1, 0.15) is 25.7 Å². The van der Waals surface area contributed by atoms with Gasteiger partial charge in [0.15, 0.2) is 0 Å². The molecule has 0 amide bonds. The molecule has 104 valence electrons. The van der Waals surface area contributed by atoms with Crippen molar-refractivity contribution in [2.75, 3.05) is 20.2 Å². The van der Waals surface area contributed by atoms with E-state index < -0.39 is 10.2 Å². The molecular formula is C12H22N2O3S. The molecule has 3 aliphatic rings. The van der Waals surface area contributed by atoms with Crippen LogP contribution in [0.2, 0.25) is 0 Å². The first-order valence-corrected chi connectivity index (χ1v) is 8.33. The van der Waals surface area contributed by atoms with E-state index in [9.17, 15) is 8.42 Å². The van der Waals surface area contributed by atoms with Crippen molar-refractivity contribution >= 4 is 10.2 Å². The fourth-order valence-electron chi connectivity index (χ4n) is 4.16. The highest BCUT2D eigenvalue weighted by Crippen LogP contribution is 2.65. The Bertz CT molecular complexity index is 409. The molecule has 3 fully saturated rings. The van der Waals surface area contributed by atoms with E-state index in [0.29, 0.717) is 24.8 Å². The summed E-state index contributed by atoms with van der Waals surface area (Å²) in [6, 6.07) is 0.192. The van der Waals surface area contributed by atoms with Gasteiger partial charge in [0, 0.05) is 26.2 Å². The maximum Gasteiger partial charge on any atom is 0.279 e. The van der Waals surface area contributed by atoms with E-state index in [2.05, 4.69) is 4.72 Å². The van der Waals surface area contributed by atoms with Crippen molar-refractivity contribution < 1.29 is 13.5 Å². The van der Waals surface area contributed by atoms with Gasteiger partial charge >= 0.3 is 0 Å². The van der Waals surface area contributed by atoms with Crippen LogP contribution in [-0.4, -0.2) is 44.1 Å². The third-order valence-corrected chi connectivity index (χ3v) is 6.64. The summed E-state index contributed by atoms with van der Waals surface area (Å²) in [5.74, 6) is 2.78. The zero-order chi connectivity index (χ0) is 12.9. The van der Waals surface area contributed by atoms with Gasteiger partial charge in [0.1, 0.15) is 0 Å². The van der Waals surface area contributed by atoms with Gasteiger partial charge in [-0.2, -0.15) is 17.4 Å². The number of hydrogen-bond acceptors (Lipinski definition) is 3. The predicted octanol–water partition coefficient (Wildman–Crippen LogP) is 0.179. The lowest BCUT2D eigenvalue weighted by atomic mass is 10.0. The van der Waals surface area contributed by atoms with Gasteiger partial charge in [-0.1, -0.05) is 0 Å². The van der Waals surface area contributed by atoms with Crippen LogP contribution in [-0.2, 0) is 10.2 Å². The number of nitrogens with one attached hydrogen (secondary N) is 1. The molecule has 18 heavy (non-hydrogen) atoms. The van der Waals surface area contributed by atoms with Gasteiger partial charge in [-0.15, -0.1) is 0 Å². The van der Waals surface area contributed by atoms with Crippen LogP contribution in [0, 0.1) is 23.7 Å². The molecule has 0 aromatic carbocycles. The zero-order valence-corrected chi connectivity index (χ0v) is 11.6. The number of fused-ring (bicyclic) bond motifs is 5. The second kappa shape index (κ2) is 4.44. The molecule has 3 saturated carbocycles.